The predicted octanol–water partition coefficient (Wildman–Crippen LogP) is 5.01. The third kappa shape index (κ3) is 6.43. The summed E-state index contributed by atoms with van der Waals surface area (Å²) in [5.74, 6) is 0.512. The predicted molar refractivity (Wildman–Crippen MR) is 109 cm³/mol. The highest BCUT2D eigenvalue weighted by Crippen LogP contribution is 2.49. The molecule has 0 spiro atoms. The van der Waals surface area contributed by atoms with Gasteiger partial charge in [0.15, 0.2) is 0 Å². The minimum atomic E-state index is -0.744. The summed E-state index contributed by atoms with van der Waals surface area (Å²) in [6.07, 6.45) is 3.77. The zero-order chi connectivity index (χ0) is 20.8. The number of nitrogens with two attached hydrogens (primary N) is 1. The lowest BCUT2D eigenvalue weighted by Crippen LogP contribution is -2.53. The molecule has 1 aromatic rings. The Hall–Kier alpha value is -2.24. The van der Waals surface area contributed by atoms with Crippen LogP contribution >= 0.6 is 0 Å². The van der Waals surface area contributed by atoms with Gasteiger partial charge in [-0.3, -0.25) is 0 Å². The second-order valence-corrected chi connectivity index (χ2v) is 9.00. The minimum absolute atomic E-state index is 0.0252. The fourth-order valence-corrected chi connectivity index (χ4v) is 4.73. The molecule has 3 unspecified atom stereocenters. The molecule has 2 amide bonds. The van der Waals surface area contributed by atoms with Crippen LogP contribution < -0.4 is 15.8 Å². The van der Waals surface area contributed by atoms with Crippen molar-refractivity contribution in [1.82, 2.24) is 5.32 Å². The molecule has 0 heterocycles. The summed E-state index contributed by atoms with van der Waals surface area (Å²) < 4.78 is 10.8. The standard InChI is InChI=1S/C22H34N2O4/c1-5-6-12-18(24-20(26)28-16-10-8-7-9-11-16)22(4)14-17(27-19(23)25)13-21(2,3)15-22/h7-11,17-18H,5-6,12-15H2,1-4H3,(H2,23,25)(H,24,26). The molecule has 0 aromatic heterocycles. The van der Waals surface area contributed by atoms with Crippen LogP contribution in [0.5, 0.6) is 5.75 Å². The van der Waals surface area contributed by atoms with Crippen molar-refractivity contribution in [2.75, 3.05) is 0 Å². The van der Waals surface area contributed by atoms with E-state index < -0.39 is 12.2 Å². The van der Waals surface area contributed by atoms with Gasteiger partial charge < -0.3 is 20.5 Å². The van der Waals surface area contributed by atoms with E-state index >= 15 is 0 Å². The molecule has 6 heteroatoms. The Morgan fingerprint density at radius 2 is 1.89 bits per heavy atom. The van der Waals surface area contributed by atoms with Gasteiger partial charge in [0.1, 0.15) is 11.9 Å². The molecule has 1 aromatic carbocycles. The summed E-state index contributed by atoms with van der Waals surface area (Å²) in [7, 11) is 0. The lowest BCUT2D eigenvalue weighted by Gasteiger charge is -2.49. The van der Waals surface area contributed by atoms with E-state index in [2.05, 4.69) is 33.0 Å². The van der Waals surface area contributed by atoms with Gasteiger partial charge in [0, 0.05) is 6.04 Å². The number of rotatable bonds is 7. The first-order valence-electron chi connectivity index (χ1n) is 10.1. The summed E-state index contributed by atoms with van der Waals surface area (Å²) in [4.78, 5) is 23.9. The van der Waals surface area contributed by atoms with E-state index in [1.54, 1.807) is 12.1 Å². The maximum Gasteiger partial charge on any atom is 0.412 e. The molecule has 3 N–H and O–H groups in total. The van der Waals surface area contributed by atoms with Crippen LogP contribution in [0.3, 0.4) is 0 Å². The van der Waals surface area contributed by atoms with Gasteiger partial charge in [-0.15, -0.1) is 0 Å². The van der Waals surface area contributed by atoms with E-state index in [9.17, 15) is 9.59 Å². The molecule has 28 heavy (non-hydrogen) atoms. The van der Waals surface area contributed by atoms with Crippen molar-refractivity contribution >= 4 is 12.2 Å². The molecular formula is C22H34N2O4. The Kier molecular flexibility index (Phi) is 7.33. The Labute approximate surface area is 168 Å². The van der Waals surface area contributed by atoms with Crippen molar-refractivity contribution in [2.45, 2.75) is 78.4 Å². The van der Waals surface area contributed by atoms with E-state index in [4.69, 9.17) is 15.2 Å². The van der Waals surface area contributed by atoms with Gasteiger partial charge in [-0.25, -0.2) is 9.59 Å². The van der Waals surface area contributed by atoms with E-state index in [1.165, 1.54) is 0 Å². The Morgan fingerprint density at radius 3 is 2.50 bits per heavy atom. The molecule has 0 radical (unpaired) electrons. The van der Waals surface area contributed by atoms with Crippen molar-refractivity contribution in [2.24, 2.45) is 16.6 Å². The average molecular weight is 391 g/mol. The highest BCUT2D eigenvalue weighted by Gasteiger charge is 2.47. The maximum absolute atomic E-state index is 12.6. The van der Waals surface area contributed by atoms with Crippen molar-refractivity contribution in [3.63, 3.8) is 0 Å². The van der Waals surface area contributed by atoms with Crippen LogP contribution in [0.1, 0.15) is 66.2 Å². The van der Waals surface area contributed by atoms with Crippen molar-refractivity contribution in [3.05, 3.63) is 30.3 Å². The summed E-state index contributed by atoms with van der Waals surface area (Å²) in [5, 5.41) is 3.09. The van der Waals surface area contributed by atoms with E-state index in [1.807, 2.05) is 18.2 Å². The number of benzene rings is 1. The summed E-state index contributed by atoms with van der Waals surface area (Å²) >= 11 is 0. The van der Waals surface area contributed by atoms with Gasteiger partial charge in [-0.05, 0) is 48.6 Å². The van der Waals surface area contributed by atoms with Gasteiger partial charge in [0.05, 0.1) is 0 Å². The third-order valence-corrected chi connectivity index (χ3v) is 5.57. The highest BCUT2D eigenvalue weighted by molar-refractivity contribution is 5.70. The van der Waals surface area contributed by atoms with Crippen molar-refractivity contribution in [1.29, 1.82) is 0 Å². The first kappa shape index (κ1) is 22.1. The highest BCUT2D eigenvalue weighted by atomic mass is 16.6. The molecule has 0 aliphatic heterocycles. The van der Waals surface area contributed by atoms with Crippen molar-refractivity contribution in [3.8, 4) is 5.75 Å². The van der Waals surface area contributed by atoms with Crippen LogP contribution in [0.25, 0.3) is 0 Å². The van der Waals surface area contributed by atoms with Crippen LogP contribution in [0.15, 0.2) is 30.3 Å². The van der Waals surface area contributed by atoms with Gasteiger partial charge in [-0.2, -0.15) is 0 Å². The number of unbranched alkanes of at least 4 members (excludes halogenated alkanes) is 1. The fraction of sp³-hybridized carbons (Fsp3) is 0.636. The molecule has 156 valence electrons. The fourth-order valence-electron chi connectivity index (χ4n) is 4.73. The summed E-state index contributed by atoms with van der Waals surface area (Å²) in [5.41, 5.74) is 5.02. The molecule has 3 atom stereocenters. The first-order chi connectivity index (χ1) is 13.1. The summed E-state index contributed by atoms with van der Waals surface area (Å²) in [6, 6.07) is 8.95. The molecule has 1 aliphatic rings. The molecule has 0 bridgehead atoms. The Morgan fingerprint density at radius 1 is 1.21 bits per heavy atom. The van der Waals surface area contributed by atoms with Crippen LogP contribution in [0.2, 0.25) is 0 Å². The minimum Gasteiger partial charge on any atom is -0.446 e. The Bertz CT molecular complexity index is 662. The second-order valence-electron chi connectivity index (χ2n) is 9.00. The van der Waals surface area contributed by atoms with Crippen LogP contribution in [-0.2, 0) is 4.74 Å². The zero-order valence-corrected chi connectivity index (χ0v) is 17.5. The van der Waals surface area contributed by atoms with Gasteiger partial charge in [0.2, 0.25) is 0 Å². The molecule has 1 saturated carbocycles. The Balaban J connectivity index is 2.16. The zero-order valence-electron chi connectivity index (χ0n) is 17.5. The number of amides is 2. The number of carbonyl (C=O) groups is 2. The average Bonchev–Trinajstić information content (AvgIpc) is 2.56. The number of hydrogen-bond donors (Lipinski definition) is 2. The number of carbonyl (C=O) groups excluding carboxylic acids is 2. The molecule has 2 rings (SSSR count). The van der Waals surface area contributed by atoms with Crippen LogP contribution in [0.4, 0.5) is 9.59 Å². The largest absolute Gasteiger partial charge is 0.446 e. The van der Waals surface area contributed by atoms with E-state index in [0.29, 0.717) is 12.2 Å². The van der Waals surface area contributed by atoms with Crippen molar-refractivity contribution < 1.29 is 19.1 Å². The number of ether oxygens (including phenoxy) is 2. The van der Waals surface area contributed by atoms with Gasteiger partial charge in [0.25, 0.3) is 0 Å². The smallest absolute Gasteiger partial charge is 0.412 e. The van der Waals surface area contributed by atoms with Crippen LogP contribution in [-0.4, -0.2) is 24.3 Å². The van der Waals surface area contributed by atoms with Gasteiger partial charge in [-0.1, -0.05) is 58.7 Å². The third-order valence-electron chi connectivity index (χ3n) is 5.57. The quantitative estimate of drug-likeness (QED) is 0.684. The van der Waals surface area contributed by atoms with Gasteiger partial charge >= 0.3 is 12.2 Å². The van der Waals surface area contributed by atoms with E-state index in [-0.39, 0.29) is 23.0 Å². The topological polar surface area (TPSA) is 90.7 Å². The number of para-hydroxylation sites is 1. The monoisotopic (exact) mass is 390 g/mol. The maximum atomic E-state index is 12.6. The molecule has 6 nitrogen and oxygen atoms in total. The normalized spacial score (nSPS) is 24.8. The summed E-state index contributed by atoms with van der Waals surface area (Å²) in [6.45, 7) is 8.63. The molecule has 0 saturated heterocycles. The molecule has 1 aliphatic carbocycles. The van der Waals surface area contributed by atoms with Crippen LogP contribution in [0, 0.1) is 10.8 Å². The number of nitrogens with one attached hydrogen (secondary N) is 1. The first-order valence-corrected chi connectivity index (χ1v) is 10.1. The molecule has 1 fully saturated rings. The second kappa shape index (κ2) is 9.30. The van der Waals surface area contributed by atoms with E-state index in [0.717, 1.165) is 32.1 Å². The SMILES string of the molecule is CCCCC(NC(=O)Oc1ccccc1)C1(C)CC(OC(N)=O)CC(C)(C)C1. The lowest BCUT2D eigenvalue weighted by molar-refractivity contribution is -0.0338. The lowest BCUT2D eigenvalue weighted by atomic mass is 9.60. The number of hydrogen-bond acceptors (Lipinski definition) is 4. The molecular weight excluding hydrogens is 356 g/mol. The number of primary amides is 1.